The summed E-state index contributed by atoms with van der Waals surface area (Å²) in [5.74, 6) is 3.12. The molecule has 1 spiro atoms. The lowest BCUT2D eigenvalue weighted by Gasteiger charge is -2.46. The van der Waals surface area contributed by atoms with E-state index in [1.54, 1.807) is 42.5 Å². The summed E-state index contributed by atoms with van der Waals surface area (Å²) >= 11 is 0. The van der Waals surface area contributed by atoms with Gasteiger partial charge in [-0.15, -0.1) is 6.58 Å². The van der Waals surface area contributed by atoms with Crippen LogP contribution < -0.4 is 15.0 Å². The number of carbonyl (C=O) groups excluding carboxylic acids is 4. The lowest BCUT2D eigenvalue weighted by molar-refractivity contribution is -0.178. The summed E-state index contributed by atoms with van der Waals surface area (Å²) in [7, 11) is 1.46. The van der Waals surface area contributed by atoms with Crippen LogP contribution in [-0.4, -0.2) is 90.7 Å². The van der Waals surface area contributed by atoms with E-state index in [0.717, 1.165) is 36.1 Å². The molecule has 6 atom stereocenters. The number of carbonyl (C=O) groups is 4. The molecule has 0 bridgehead atoms. The number of hydrogen-bond donors (Lipinski definition) is 3. The molecule has 3 fully saturated rings. The maximum absolute atomic E-state index is 16.2. The number of anilines is 1. The molecule has 6 unspecified atom stereocenters. The van der Waals surface area contributed by atoms with Crippen LogP contribution >= 0.6 is 0 Å². The zero-order valence-electron chi connectivity index (χ0n) is 35.8. The molecule has 3 amide bonds. The SMILES string of the molecule is C=CCNC(=O)C1C2C(=O)OC(c3ccccc3)C(c3ccccc3)N2C(c2ccc(OCCO)cc2)C12C(=O)N(C(=O)OCCOC)c1ccc(C#CC3(O)CCCCCC3)cc12. The fourth-order valence-corrected chi connectivity index (χ4v) is 10.1. The van der Waals surface area contributed by atoms with Gasteiger partial charge < -0.3 is 34.5 Å². The van der Waals surface area contributed by atoms with E-state index in [2.05, 4.69) is 23.7 Å². The molecule has 13 heteroatoms. The number of imide groups is 1. The first kappa shape index (κ1) is 44.3. The number of morpholine rings is 1. The molecule has 0 aromatic heterocycles. The molecule has 3 heterocycles. The number of amides is 3. The van der Waals surface area contributed by atoms with Gasteiger partial charge in [0, 0.05) is 19.2 Å². The summed E-state index contributed by atoms with van der Waals surface area (Å²) in [6, 6.07) is 27.5. The van der Waals surface area contributed by atoms with Crippen molar-refractivity contribution in [3.8, 4) is 17.6 Å². The van der Waals surface area contributed by atoms with E-state index in [-0.39, 0.29) is 44.2 Å². The number of ether oxygens (including phenoxy) is 4. The minimum absolute atomic E-state index is 0.0113. The van der Waals surface area contributed by atoms with Crippen molar-refractivity contribution in [1.82, 2.24) is 10.2 Å². The summed E-state index contributed by atoms with van der Waals surface area (Å²) in [6.07, 6.45) is 4.32. The lowest BCUT2D eigenvalue weighted by atomic mass is 9.65. The molecule has 3 N–H and O–H groups in total. The van der Waals surface area contributed by atoms with E-state index in [1.807, 2.05) is 65.6 Å². The van der Waals surface area contributed by atoms with Crippen molar-refractivity contribution < 1.29 is 48.3 Å². The molecule has 3 aliphatic heterocycles. The number of nitrogens with zero attached hydrogens (tertiary/aromatic N) is 2. The Morgan fingerprint density at radius 1 is 0.875 bits per heavy atom. The van der Waals surface area contributed by atoms with Crippen LogP contribution in [0.15, 0.2) is 116 Å². The van der Waals surface area contributed by atoms with Crippen molar-refractivity contribution in [2.75, 3.05) is 45.0 Å². The van der Waals surface area contributed by atoms with Gasteiger partial charge in [0.25, 0.3) is 0 Å². The predicted octanol–water partition coefficient (Wildman–Crippen LogP) is 6.25. The quantitative estimate of drug-likeness (QED) is 0.0486. The molecular formula is C51H53N3O10. The van der Waals surface area contributed by atoms with Crippen molar-refractivity contribution in [2.24, 2.45) is 5.92 Å². The molecule has 13 nitrogen and oxygen atoms in total. The molecule has 4 aliphatic rings. The minimum Gasteiger partial charge on any atom is -0.491 e. The van der Waals surface area contributed by atoms with Gasteiger partial charge in [0.05, 0.1) is 36.9 Å². The standard InChI is InChI=1S/C51H53N3O10/c1-3-28-52-46(56)41-43-47(57)64-44(36-16-10-7-11-17-36)42(35-14-8-6-9-15-35)54(43)45(37-19-21-38(22-20-37)62-30-29-55)51(41)39-33-34(24-27-50(60)25-12-4-5-13-26-50)18-23-40(39)53(48(51)58)49(59)63-32-31-61-2/h3,6-11,14-23,33,41-45,55,60H,1,4-5,12-13,25-26,28-32H2,2H3,(H,52,56). The van der Waals surface area contributed by atoms with E-state index in [4.69, 9.17) is 18.9 Å². The van der Waals surface area contributed by atoms with Crippen LogP contribution in [0, 0.1) is 17.8 Å². The summed E-state index contributed by atoms with van der Waals surface area (Å²) in [4.78, 5) is 63.8. The number of hydrogen-bond acceptors (Lipinski definition) is 11. The third-order valence-electron chi connectivity index (χ3n) is 12.8. The molecule has 0 radical (unpaired) electrons. The van der Waals surface area contributed by atoms with E-state index in [0.29, 0.717) is 35.3 Å². The highest BCUT2D eigenvalue weighted by atomic mass is 16.6. The van der Waals surface area contributed by atoms with Gasteiger partial charge >= 0.3 is 12.1 Å². The summed E-state index contributed by atoms with van der Waals surface area (Å²) in [5, 5.41) is 24.1. The summed E-state index contributed by atoms with van der Waals surface area (Å²) < 4.78 is 23.1. The van der Waals surface area contributed by atoms with Crippen molar-refractivity contribution >= 4 is 29.6 Å². The fraction of sp³-hybridized carbons (Fsp3) is 0.373. The number of aliphatic hydroxyl groups excluding tert-OH is 1. The number of benzene rings is 4. The largest absolute Gasteiger partial charge is 0.491 e. The monoisotopic (exact) mass is 867 g/mol. The van der Waals surface area contributed by atoms with Gasteiger partial charge in [-0.3, -0.25) is 19.3 Å². The Morgan fingerprint density at radius 3 is 2.22 bits per heavy atom. The minimum atomic E-state index is -2.02. The number of esters is 1. The molecule has 4 aromatic rings. The fourth-order valence-electron chi connectivity index (χ4n) is 10.1. The number of nitrogens with one attached hydrogen (secondary N) is 1. The second kappa shape index (κ2) is 19.2. The number of aliphatic hydroxyl groups is 2. The lowest BCUT2D eigenvalue weighted by Crippen LogP contribution is -2.55. The Kier molecular flexibility index (Phi) is 13.3. The van der Waals surface area contributed by atoms with Crippen molar-refractivity contribution in [3.05, 3.63) is 144 Å². The zero-order valence-corrected chi connectivity index (χ0v) is 35.8. The average Bonchev–Trinajstić information content (AvgIpc) is 3.65. The maximum Gasteiger partial charge on any atom is 0.421 e. The first-order valence-corrected chi connectivity index (χ1v) is 21.9. The van der Waals surface area contributed by atoms with E-state index in [9.17, 15) is 15.0 Å². The number of rotatable bonds is 12. The molecule has 64 heavy (non-hydrogen) atoms. The van der Waals surface area contributed by atoms with Gasteiger partial charge in [0.2, 0.25) is 11.8 Å². The van der Waals surface area contributed by atoms with Gasteiger partial charge in [-0.25, -0.2) is 9.69 Å². The van der Waals surface area contributed by atoms with Crippen LogP contribution in [0.25, 0.3) is 0 Å². The van der Waals surface area contributed by atoms with E-state index in [1.165, 1.54) is 13.2 Å². The third-order valence-corrected chi connectivity index (χ3v) is 12.8. The molecule has 1 aliphatic carbocycles. The van der Waals surface area contributed by atoms with Crippen LogP contribution in [0.5, 0.6) is 5.75 Å². The summed E-state index contributed by atoms with van der Waals surface area (Å²) in [5.41, 5.74) is -0.401. The van der Waals surface area contributed by atoms with Gasteiger partial charge in [0.1, 0.15) is 42.1 Å². The zero-order chi connectivity index (χ0) is 44.8. The van der Waals surface area contributed by atoms with Crippen molar-refractivity contribution in [3.63, 3.8) is 0 Å². The van der Waals surface area contributed by atoms with Crippen LogP contribution in [0.2, 0.25) is 0 Å². The Balaban J connectivity index is 1.43. The Hall–Kier alpha value is -6.30. The molecule has 1 saturated carbocycles. The average molecular weight is 868 g/mol. The van der Waals surface area contributed by atoms with Crippen LogP contribution in [0.4, 0.5) is 10.5 Å². The molecule has 4 aromatic carbocycles. The first-order chi connectivity index (χ1) is 31.2. The highest BCUT2D eigenvalue weighted by Crippen LogP contribution is 2.66. The van der Waals surface area contributed by atoms with Gasteiger partial charge in [-0.1, -0.05) is 104 Å². The highest BCUT2D eigenvalue weighted by Gasteiger charge is 2.75. The van der Waals surface area contributed by atoms with Crippen molar-refractivity contribution in [1.29, 1.82) is 0 Å². The van der Waals surface area contributed by atoms with Gasteiger partial charge in [-0.2, -0.15) is 0 Å². The smallest absolute Gasteiger partial charge is 0.421 e. The Bertz CT molecular complexity index is 2410. The summed E-state index contributed by atoms with van der Waals surface area (Å²) in [6.45, 7) is 3.54. The molecule has 2 saturated heterocycles. The number of fused-ring (bicyclic) bond motifs is 3. The van der Waals surface area contributed by atoms with Gasteiger partial charge in [-0.05, 0) is 78.3 Å². The third kappa shape index (κ3) is 8.18. The molecule has 8 rings (SSSR count). The first-order valence-electron chi connectivity index (χ1n) is 21.9. The van der Waals surface area contributed by atoms with Crippen LogP contribution in [0.3, 0.4) is 0 Å². The normalized spacial score (nSPS) is 24.7. The van der Waals surface area contributed by atoms with Crippen molar-refractivity contribution in [2.45, 2.75) is 73.8 Å². The highest BCUT2D eigenvalue weighted by molar-refractivity contribution is 6.23. The second-order valence-corrected chi connectivity index (χ2v) is 16.6. The maximum atomic E-state index is 16.2. The van der Waals surface area contributed by atoms with E-state index >= 15 is 14.4 Å². The topological polar surface area (TPSA) is 164 Å². The van der Waals surface area contributed by atoms with Crippen LogP contribution in [0.1, 0.15) is 84.5 Å². The Labute approximate surface area is 373 Å². The number of cyclic esters (lactones) is 1. The Morgan fingerprint density at radius 2 is 1.56 bits per heavy atom. The number of methoxy groups -OCH3 is 1. The second-order valence-electron chi connectivity index (χ2n) is 16.6. The van der Waals surface area contributed by atoms with Crippen LogP contribution in [-0.2, 0) is 34.0 Å². The molecular weight excluding hydrogens is 815 g/mol. The molecule has 332 valence electrons. The predicted molar refractivity (Wildman–Crippen MR) is 237 cm³/mol. The van der Waals surface area contributed by atoms with Gasteiger partial charge in [0.15, 0.2) is 0 Å². The van der Waals surface area contributed by atoms with E-state index < -0.39 is 65.0 Å².